The molecule has 0 spiro atoms. The first-order valence-electron chi connectivity index (χ1n) is 11.8. The van der Waals surface area contributed by atoms with Crippen molar-refractivity contribution >= 4 is 34.9 Å². The van der Waals surface area contributed by atoms with Crippen LogP contribution in [-0.4, -0.2) is 68.1 Å². The highest BCUT2D eigenvalue weighted by Gasteiger charge is 2.38. The minimum atomic E-state index is -5.08. The standard InChI is InChI=1S/C22H15ClN8O3S.C2HF3O2/c23-12-1-3-16(30-10-26-28-29-30)14(7-12)11-5-13-2-4-17(31(13)19(32)6-11)20-24-8-15(27-20)21-25-9-18(35-21)22(33)34;3-2(4,5)1(6)7/h1,3,5-10,17H,2,4H2,(H,24,27)(H,33,34);(H,6,7)/t17-;/m0./s1. The number of nitrogens with one attached hydrogen (secondary N) is 1. The van der Waals surface area contributed by atoms with E-state index >= 15 is 0 Å². The van der Waals surface area contributed by atoms with Crippen LogP contribution in [0.2, 0.25) is 5.02 Å². The number of aromatic carboxylic acids is 1. The molecule has 0 bridgehead atoms. The number of pyridine rings is 1. The summed E-state index contributed by atoms with van der Waals surface area (Å²) in [5.74, 6) is -3.16. The van der Waals surface area contributed by atoms with Gasteiger partial charge in [0.2, 0.25) is 0 Å². The van der Waals surface area contributed by atoms with Crippen molar-refractivity contribution in [2.24, 2.45) is 0 Å². The summed E-state index contributed by atoms with van der Waals surface area (Å²) in [5, 5.41) is 28.7. The minimum Gasteiger partial charge on any atom is -0.477 e. The SMILES string of the molecule is O=C(O)C(F)(F)F.O=C(O)c1cnc(-c2cnc([C@@H]3CCc4cc(-c5cc(Cl)ccc5-n5cnnn5)cc(=O)n43)[nH]2)s1. The fourth-order valence-corrected chi connectivity index (χ4v) is 5.22. The summed E-state index contributed by atoms with van der Waals surface area (Å²) in [6.07, 6.45) is 0.713. The van der Waals surface area contributed by atoms with E-state index in [-0.39, 0.29) is 16.5 Å². The van der Waals surface area contributed by atoms with Crippen molar-refractivity contribution in [3.63, 3.8) is 0 Å². The highest BCUT2D eigenvalue weighted by molar-refractivity contribution is 7.16. The Kier molecular flexibility index (Phi) is 7.61. The molecule has 0 amide bonds. The number of carboxylic acids is 2. The van der Waals surface area contributed by atoms with Crippen LogP contribution >= 0.6 is 22.9 Å². The Morgan fingerprint density at radius 2 is 1.88 bits per heavy atom. The fraction of sp³-hybridized carbons (Fsp3) is 0.167. The van der Waals surface area contributed by atoms with E-state index in [1.165, 1.54) is 17.2 Å². The van der Waals surface area contributed by atoms with E-state index in [0.717, 1.165) is 28.2 Å². The Labute approximate surface area is 240 Å². The Bertz CT molecular complexity index is 1850. The van der Waals surface area contributed by atoms with Gasteiger partial charge in [0.15, 0.2) is 0 Å². The van der Waals surface area contributed by atoms with Crippen LogP contribution < -0.4 is 5.56 Å². The fourth-order valence-electron chi connectivity index (χ4n) is 4.33. The zero-order valence-electron chi connectivity index (χ0n) is 20.8. The second kappa shape index (κ2) is 11.2. The lowest BCUT2D eigenvalue weighted by molar-refractivity contribution is -0.192. The number of rotatable bonds is 5. The molecule has 5 heterocycles. The third kappa shape index (κ3) is 5.77. The third-order valence-electron chi connectivity index (χ3n) is 6.10. The summed E-state index contributed by atoms with van der Waals surface area (Å²) in [7, 11) is 0. The molecule has 1 aliphatic rings. The number of fused-ring (bicyclic) bond motifs is 1. The number of thiazole rings is 1. The zero-order chi connectivity index (χ0) is 30.2. The third-order valence-corrected chi connectivity index (χ3v) is 7.35. The van der Waals surface area contributed by atoms with E-state index < -0.39 is 18.1 Å². The summed E-state index contributed by atoms with van der Waals surface area (Å²) in [6, 6.07) is 8.62. The van der Waals surface area contributed by atoms with Gasteiger partial charge in [-0.2, -0.15) is 17.9 Å². The molecule has 42 heavy (non-hydrogen) atoms. The molecule has 1 atom stereocenters. The maximum absolute atomic E-state index is 13.3. The largest absolute Gasteiger partial charge is 0.490 e. The van der Waals surface area contributed by atoms with Crippen LogP contribution in [0.3, 0.4) is 0 Å². The normalized spacial score (nSPS) is 14.2. The molecule has 18 heteroatoms. The molecule has 1 aromatic carbocycles. The maximum Gasteiger partial charge on any atom is 0.490 e. The molecule has 216 valence electrons. The average Bonchev–Trinajstić information content (AvgIpc) is 3.74. The van der Waals surface area contributed by atoms with Crippen LogP contribution in [0, 0.1) is 0 Å². The van der Waals surface area contributed by atoms with Gasteiger partial charge in [-0.1, -0.05) is 11.6 Å². The highest BCUT2D eigenvalue weighted by Crippen LogP contribution is 2.34. The molecule has 0 aliphatic carbocycles. The molecule has 13 nitrogen and oxygen atoms in total. The molecule has 3 N–H and O–H groups in total. The second-order valence-corrected chi connectivity index (χ2v) is 10.2. The lowest BCUT2D eigenvalue weighted by atomic mass is 10.0. The number of aromatic nitrogens is 8. The maximum atomic E-state index is 13.3. The molecule has 0 fully saturated rings. The number of aromatic amines is 1. The van der Waals surface area contributed by atoms with E-state index in [2.05, 4.69) is 30.5 Å². The predicted octanol–water partition coefficient (Wildman–Crippen LogP) is 3.86. The van der Waals surface area contributed by atoms with Crippen molar-refractivity contribution in [3.8, 4) is 27.5 Å². The number of aryl methyl sites for hydroxylation is 1. The molecule has 0 saturated heterocycles. The lowest BCUT2D eigenvalue weighted by Gasteiger charge is -2.15. The molecular weight excluding hydrogens is 605 g/mol. The number of carboxylic acid groups (broad SMARTS) is 2. The van der Waals surface area contributed by atoms with Crippen molar-refractivity contribution in [1.82, 2.24) is 39.7 Å². The van der Waals surface area contributed by atoms with Crippen LogP contribution in [0.1, 0.15) is 33.7 Å². The van der Waals surface area contributed by atoms with Gasteiger partial charge in [0.25, 0.3) is 5.56 Å². The number of hydrogen-bond donors (Lipinski definition) is 3. The van der Waals surface area contributed by atoms with Gasteiger partial charge in [-0.05, 0) is 53.1 Å². The number of benzene rings is 1. The van der Waals surface area contributed by atoms with Crippen LogP contribution in [0.5, 0.6) is 0 Å². The first kappa shape index (κ1) is 28.6. The smallest absolute Gasteiger partial charge is 0.477 e. The molecular formula is C24H16ClF3N8O5S. The summed E-state index contributed by atoms with van der Waals surface area (Å²) in [5.41, 5.74) is 3.49. The number of hydrogen-bond acceptors (Lipinski definition) is 9. The van der Waals surface area contributed by atoms with Gasteiger partial charge in [-0.3, -0.25) is 4.79 Å². The summed E-state index contributed by atoms with van der Waals surface area (Å²) < 4.78 is 35.0. The number of alkyl halides is 3. The average molecular weight is 621 g/mol. The Morgan fingerprint density at radius 1 is 1.12 bits per heavy atom. The number of H-pyrrole nitrogens is 1. The summed E-state index contributed by atoms with van der Waals surface area (Å²) in [6.45, 7) is 0. The monoisotopic (exact) mass is 620 g/mol. The molecule has 0 saturated carbocycles. The van der Waals surface area contributed by atoms with Gasteiger partial charge in [0, 0.05) is 22.3 Å². The van der Waals surface area contributed by atoms with Gasteiger partial charge in [-0.15, -0.1) is 16.4 Å². The number of aliphatic carboxylic acids is 1. The first-order valence-corrected chi connectivity index (χ1v) is 12.9. The van der Waals surface area contributed by atoms with E-state index in [4.69, 9.17) is 26.6 Å². The quantitative estimate of drug-likeness (QED) is 0.261. The second-order valence-electron chi connectivity index (χ2n) is 8.73. The van der Waals surface area contributed by atoms with Crippen molar-refractivity contribution in [3.05, 3.63) is 80.8 Å². The summed E-state index contributed by atoms with van der Waals surface area (Å²) >= 11 is 7.33. The Balaban J connectivity index is 0.000000451. The number of imidazole rings is 1. The molecule has 1 aliphatic heterocycles. The van der Waals surface area contributed by atoms with Gasteiger partial charge in [0.1, 0.15) is 22.0 Å². The highest BCUT2D eigenvalue weighted by atomic mass is 35.5. The molecule has 0 radical (unpaired) electrons. The number of nitrogens with zero attached hydrogens (tertiary/aromatic N) is 7. The van der Waals surface area contributed by atoms with Gasteiger partial charge < -0.3 is 19.8 Å². The van der Waals surface area contributed by atoms with Crippen LogP contribution in [0.15, 0.2) is 53.8 Å². The summed E-state index contributed by atoms with van der Waals surface area (Å²) in [4.78, 5) is 45.3. The Morgan fingerprint density at radius 3 is 2.52 bits per heavy atom. The van der Waals surface area contributed by atoms with Crippen molar-refractivity contribution < 1.29 is 33.0 Å². The van der Waals surface area contributed by atoms with Crippen LogP contribution in [0.4, 0.5) is 13.2 Å². The zero-order valence-corrected chi connectivity index (χ0v) is 22.4. The predicted molar refractivity (Wildman–Crippen MR) is 141 cm³/mol. The van der Waals surface area contributed by atoms with E-state index in [9.17, 15) is 22.8 Å². The lowest BCUT2D eigenvalue weighted by Crippen LogP contribution is -2.23. The van der Waals surface area contributed by atoms with Gasteiger partial charge >= 0.3 is 18.1 Å². The van der Waals surface area contributed by atoms with Crippen LogP contribution in [0.25, 0.3) is 27.5 Å². The molecule has 0 unspecified atom stereocenters. The van der Waals surface area contributed by atoms with E-state index in [1.54, 1.807) is 35.0 Å². The van der Waals surface area contributed by atoms with Crippen molar-refractivity contribution in [2.75, 3.05) is 0 Å². The van der Waals surface area contributed by atoms with Gasteiger partial charge in [0.05, 0.1) is 29.8 Å². The van der Waals surface area contributed by atoms with E-state index in [1.807, 2.05) is 6.07 Å². The Hall–Kier alpha value is -4.90. The molecule has 4 aromatic heterocycles. The van der Waals surface area contributed by atoms with E-state index in [0.29, 0.717) is 40.1 Å². The minimum absolute atomic E-state index is 0.146. The van der Waals surface area contributed by atoms with Crippen molar-refractivity contribution in [1.29, 1.82) is 0 Å². The van der Waals surface area contributed by atoms with Gasteiger partial charge in [-0.25, -0.2) is 19.6 Å². The first-order chi connectivity index (χ1) is 19.9. The number of tetrazole rings is 1. The molecule has 5 aromatic rings. The topological polar surface area (TPSA) is 182 Å². The molecule has 6 rings (SSSR count). The van der Waals surface area contributed by atoms with Crippen molar-refractivity contribution in [2.45, 2.75) is 25.1 Å². The number of carbonyl (C=O) groups is 2. The number of halogens is 4. The van der Waals surface area contributed by atoms with Crippen LogP contribution in [-0.2, 0) is 11.2 Å².